The van der Waals surface area contributed by atoms with Crippen molar-refractivity contribution in [2.45, 2.75) is 19.8 Å². The Morgan fingerprint density at radius 1 is 1.40 bits per heavy atom. The molecule has 0 spiro atoms. The van der Waals surface area contributed by atoms with Gasteiger partial charge in [-0.2, -0.15) is 0 Å². The van der Waals surface area contributed by atoms with E-state index in [9.17, 15) is 0 Å². The van der Waals surface area contributed by atoms with Gasteiger partial charge in [0.1, 0.15) is 4.64 Å². The molecule has 4 heteroatoms. The lowest BCUT2D eigenvalue weighted by Crippen LogP contribution is -2.00. The van der Waals surface area contributed by atoms with Crippen LogP contribution in [-0.2, 0) is 0 Å². The molecule has 0 bridgehead atoms. The highest BCUT2D eigenvalue weighted by molar-refractivity contribution is 7.71. The van der Waals surface area contributed by atoms with Gasteiger partial charge in [0.2, 0.25) is 0 Å². The Morgan fingerprint density at radius 2 is 2.20 bits per heavy atom. The minimum Gasteiger partial charge on any atom is -0.295 e. The summed E-state index contributed by atoms with van der Waals surface area (Å²) in [6.07, 6.45) is 1.76. The van der Waals surface area contributed by atoms with Crippen LogP contribution in [0.1, 0.15) is 25.5 Å². The molecule has 0 saturated carbocycles. The van der Waals surface area contributed by atoms with Crippen LogP contribution in [0.15, 0.2) is 30.5 Å². The Labute approximate surface area is 93.8 Å². The van der Waals surface area contributed by atoms with Crippen LogP contribution in [-0.4, -0.2) is 14.8 Å². The quantitative estimate of drug-likeness (QED) is 0.788. The summed E-state index contributed by atoms with van der Waals surface area (Å²) in [4.78, 5) is 4.25. The summed E-state index contributed by atoms with van der Waals surface area (Å²) in [5, 5.41) is 3.25. The molecule has 0 amide bonds. The average Bonchev–Trinajstić information content (AvgIpc) is 2.62. The molecule has 0 aromatic carbocycles. The first kappa shape index (κ1) is 10.1. The number of rotatable bonds is 2. The van der Waals surface area contributed by atoms with Crippen LogP contribution in [0.25, 0.3) is 5.82 Å². The summed E-state index contributed by atoms with van der Waals surface area (Å²) >= 11 is 5.27. The van der Waals surface area contributed by atoms with Crippen LogP contribution in [0.5, 0.6) is 0 Å². The van der Waals surface area contributed by atoms with Gasteiger partial charge in [-0.05, 0) is 24.1 Å². The highest BCUT2D eigenvalue weighted by atomic mass is 32.1. The molecule has 0 fully saturated rings. The molecule has 0 aliphatic carbocycles. The molecule has 78 valence electrons. The second kappa shape index (κ2) is 3.98. The molecular formula is C11H13N3S. The van der Waals surface area contributed by atoms with Crippen molar-refractivity contribution < 1.29 is 0 Å². The van der Waals surface area contributed by atoms with E-state index in [1.807, 2.05) is 28.9 Å². The standard InChI is InChI=1S/C11H13N3S/c1-8(2)9-7-11(15)14(13-9)10-5-3-4-6-12-10/h3-8,13H,1-2H3. The second-order valence-electron chi connectivity index (χ2n) is 3.73. The van der Waals surface area contributed by atoms with Crippen LogP contribution < -0.4 is 0 Å². The number of nitrogens with one attached hydrogen (secondary N) is 1. The molecule has 2 rings (SSSR count). The zero-order valence-electron chi connectivity index (χ0n) is 8.77. The molecule has 0 saturated heterocycles. The number of hydrogen-bond donors (Lipinski definition) is 1. The van der Waals surface area contributed by atoms with E-state index in [1.165, 1.54) is 0 Å². The van der Waals surface area contributed by atoms with E-state index in [0.717, 1.165) is 16.2 Å². The Bertz CT molecular complexity index is 496. The van der Waals surface area contributed by atoms with Crippen LogP contribution in [0, 0.1) is 4.64 Å². The van der Waals surface area contributed by atoms with Gasteiger partial charge in [-0.3, -0.25) is 5.10 Å². The van der Waals surface area contributed by atoms with E-state index in [4.69, 9.17) is 12.2 Å². The fourth-order valence-corrected chi connectivity index (χ4v) is 1.63. The number of aromatic nitrogens is 3. The van der Waals surface area contributed by atoms with Gasteiger partial charge >= 0.3 is 0 Å². The Hall–Kier alpha value is -1.42. The lowest BCUT2D eigenvalue weighted by atomic mass is 10.1. The molecule has 0 aliphatic heterocycles. The van der Waals surface area contributed by atoms with Gasteiger partial charge in [0.05, 0.1) is 0 Å². The summed E-state index contributed by atoms with van der Waals surface area (Å²) in [6.45, 7) is 4.26. The number of pyridine rings is 1. The molecule has 2 aromatic heterocycles. The molecule has 3 nitrogen and oxygen atoms in total. The lowest BCUT2D eigenvalue weighted by molar-refractivity contribution is 0.754. The highest BCUT2D eigenvalue weighted by Crippen LogP contribution is 2.14. The third-order valence-corrected chi connectivity index (χ3v) is 2.54. The summed E-state index contributed by atoms with van der Waals surface area (Å²) in [5.74, 6) is 1.27. The van der Waals surface area contributed by atoms with Crippen molar-refractivity contribution in [3.05, 3.63) is 40.8 Å². The molecule has 0 aliphatic rings. The molecule has 0 radical (unpaired) electrons. The van der Waals surface area contributed by atoms with Crippen LogP contribution in [0.2, 0.25) is 0 Å². The van der Waals surface area contributed by atoms with E-state index in [-0.39, 0.29) is 0 Å². The Morgan fingerprint density at radius 3 is 2.73 bits per heavy atom. The van der Waals surface area contributed by atoms with Crippen LogP contribution in [0.3, 0.4) is 0 Å². The summed E-state index contributed by atoms with van der Waals surface area (Å²) < 4.78 is 2.59. The van der Waals surface area contributed by atoms with Crippen molar-refractivity contribution in [3.8, 4) is 5.82 Å². The summed E-state index contributed by atoms with van der Waals surface area (Å²) in [5.41, 5.74) is 1.13. The fourth-order valence-electron chi connectivity index (χ4n) is 1.37. The maximum absolute atomic E-state index is 5.27. The van der Waals surface area contributed by atoms with Crippen LogP contribution >= 0.6 is 12.2 Å². The van der Waals surface area contributed by atoms with Crippen molar-refractivity contribution in [3.63, 3.8) is 0 Å². The molecule has 2 heterocycles. The molecule has 0 unspecified atom stereocenters. The van der Waals surface area contributed by atoms with Crippen LogP contribution in [0.4, 0.5) is 0 Å². The van der Waals surface area contributed by atoms with Crippen molar-refractivity contribution >= 4 is 12.2 Å². The second-order valence-corrected chi connectivity index (χ2v) is 4.15. The third-order valence-electron chi connectivity index (χ3n) is 2.24. The first-order chi connectivity index (χ1) is 7.18. The summed E-state index contributed by atoms with van der Waals surface area (Å²) in [7, 11) is 0. The molecule has 1 N–H and O–H groups in total. The van der Waals surface area contributed by atoms with Gasteiger partial charge in [-0.25, -0.2) is 9.67 Å². The van der Waals surface area contributed by atoms with E-state index in [2.05, 4.69) is 23.9 Å². The average molecular weight is 219 g/mol. The Kier molecular flexibility index (Phi) is 2.68. The first-order valence-corrected chi connectivity index (χ1v) is 5.32. The monoisotopic (exact) mass is 219 g/mol. The zero-order chi connectivity index (χ0) is 10.8. The number of H-pyrrole nitrogens is 1. The molecular weight excluding hydrogens is 206 g/mol. The molecule has 15 heavy (non-hydrogen) atoms. The maximum Gasteiger partial charge on any atom is 0.152 e. The van der Waals surface area contributed by atoms with Gasteiger partial charge in [0.15, 0.2) is 5.82 Å². The van der Waals surface area contributed by atoms with Gasteiger partial charge in [0.25, 0.3) is 0 Å². The van der Waals surface area contributed by atoms with Crippen molar-refractivity contribution in [2.24, 2.45) is 0 Å². The smallest absolute Gasteiger partial charge is 0.152 e. The van der Waals surface area contributed by atoms with E-state index >= 15 is 0 Å². The van der Waals surface area contributed by atoms with E-state index in [1.54, 1.807) is 6.20 Å². The maximum atomic E-state index is 5.27. The number of hydrogen-bond acceptors (Lipinski definition) is 2. The minimum atomic E-state index is 0.441. The third kappa shape index (κ3) is 1.99. The first-order valence-electron chi connectivity index (χ1n) is 4.92. The number of nitrogens with zero attached hydrogens (tertiary/aromatic N) is 2. The van der Waals surface area contributed by atoms with E-state index in [0.29, 0.717) is 5.92 Å². The van der Waals surface area contributed by atoms with Gasteiger partial charge in [0, 0.05) is 11.9 Å². The predicted octanol–water partition coefficient (Wildman–Crippen LogP) is 3.05. The van der Waals surface area contributed by atoms with Gasteiger partial charge < -0.3 is 0 Å². The number of aromatic amines is 1. The molecule has 0 atom stereocenters. The van der Waals surface area contributed by atoms with E-state index < -0.39 is 0 Å². The van der Waals surface area contributed by atoms with Gasteiger partial charge in [-0.1, -0.05) is 32.1 Å². The normalized spacial score (nSPS) is 10.9. The SMILES string of the molecule is CC(C)c1cc(=S)n(-c2ccccn2)[nH]1. The molecule has 2 aromatic rings. The predicted molar refractivity (Wildman–Crippen MR) is 62.8 cm³/mol. The topological polar surface area (TPSA) is 33.6 Å². The largest absolute Gasteiger partial charge is 0.295 e. The van der Waals surface area contributed by atoms with Crippen molar-refractivity contribution in [2.75, 3.05) is 0 Å². The zero-order valence-corrected chi connectivity index (χ0v) is 9.58. The minimum absolute atomic E-state index is 0.441. The van der Waals surface area contributed by atoms with Crippen molar-refractivity contribution in [1.29, 1.82) is 0 Å². The highest BCUT2D eigenvalue weighted by Gasteiger charge is 2.05. The Balaban J connectivity index is 2.50. The van der Waals surface area contributed by atoms with Gasteiger partial charge in [-0.15, -0.1) is 0 Å². The summed E-state index contributed by atoms with van der Waals surface area (Å²) in [6, 6.07) is 7.74. The lowest BCUT2D eigenvalue weighted by Gasteiger charge is -2.02. The van der Waals surface area contributed by atoms with Crippen molar-refractivity contribution in [1.82, 2.24) is 14.8 Å². The fraction of sp³-hybridized carbons (Fsp3) is 0.273.